The van der Waals surface area contributed by atoms with E-state index in [0.29, 0.717) is 32.5 Å². The molecule has 1 amide bonds. The second-order valence-corrected chi connectivity index (χ2v) is 7.52. The highest BCUT2D eigenvalue weighted by molar-refractivity contribution is 5.79. The van der Waals surface area contributed by atoms with Gasteiger partial charge in [0.1, 0.15) is 5.65 Å². The van der Waals surface area contributed by atoms with Crippen molar-refractivity contribution in [2.75, 3.05) is 32.7 Å². The Morgan fingerprint density at radius 1 is 1.28 bits per heavy atom. The summed E-state index contributed by atoms with van der Waals surface area (Å²) in [6, 6.07) is 5.85. The number of aromatic nitrogens is 2. The van der Waals surface area contributed by atoms with Crippen molar-refractivity contribution in [3.63, 3.8) is 0 Å². The Balaban J connectivity index is 1.44. The van der Waals surface area contributed by atoms with Crippen LogP contribution in [-0.2, 0) is 11.2 Å². The average molecular weight is 342 g/mol. The van der Waals surface area contributed by atoms with E-state index in [2.05, 4.69) is 9.88 Å². The van der Waals surface area contributed by atoms with Crippen LogP contribution in [0.2, 0.25) is 0 Å². The van der Waals surface area contributed by atoms with Crippen LogP contribution in [0.1, 0.15) is 30.7 Å². The lowest BCUT2D eigenvalue weighted by Gasteiger charge is -2.28. The highest BCUT2D eigenvalue weighted by atomic mass is 16.3. The molecule has 0 saturated carbocycles. The molecule has 2 aliphatic rings. The van der Waals surface area contributed by atoms with Crippen LogP contribution in [0.4, 0.5) is 0 Å². The number of likely N-dealkylation sites (tertiary alicyclic amines) is 2. The summed E-state index contributed by atoms with van der Waals surface area (Å²) in [6.07, 6.45) is 5.38. The topological polar surface area (TPSA) is 61.1 Å². The van der Waals surface area contributed by atoms with E-state index >= 15 is 0 Å². The van der Waals surface area contributed by atoms with Gasteiger partial charge in [-0.1, -0.05) is 6.07 Å². The summed E-state index contributed by atoms with van der Waals surface area (Å²) in [5.41, 5.74) is 1.95. The van der Waals surface area contributed by atoms with Crippen LogP contribution in [0.15, 0.2) is 24.4 Å². The number of aryl methyl sites for hydroxylation is 1. The van der Waals surface area contributed by atoms with Gasteiger partial charge < -0.3 is 19.3 Å². The second-order valence-electron chi connectivity index (χ2n) is 7.52. The minimum atomic E-state index is -0.755. The molecule has 6 heteroatoms. The number of carbonyl (C=O) groups is 1. The van der Waals surface area contributed by atoms with E-state index in [4.69, 9.17) is 0 Å². The molecule has 1 atom stereocenters. The Bertz CT molecular complexity index is 781. The number of carbonyl (C=O) groups excluding carboxylic acids is 1. The fourth-order valence-electron chi connectivity index (χ4n) is 4.19. The molecule has 134 valence electrons. The Kier molecular flexibility index (Phi) is 4.25. The number of amides is 1. The van der Waals surface area contributed by atoms with Gasteiger partial charge >= 0.3 is 0 Å². The van der Waals surface area contributed by atoms with Gasteiger partial charge in [-0.3, -0.25) is 4.79 Å². The quantitative estimate of drug-likeness (QED) is 0.908. The first-order valence-electron chi connectivity index (χ1n) is 9.19. The van der Waals surface area contributed by atoms with Gasteiger partial charge in [-0.25, -0.2) is 4.98 Å². The molecule has 0 unspecified atom stereocenters. The molecule has 2 saturated heterocycles. The molecule has 2 aromatic heterocycles. The van der Waals surface area contributed by atoms with Crippen molar-refractivity contribution >= 4 is 11.6 Å². The van der Waals surface area contributed by atoms with E-state index in [1.54, 1.807) is 0 Å². The predicted octanol–water partition coefficient (Wildman–Crippen LogP) is 1.24. The molecule has 0 aromatic carbocycles. The fourth-order valence-corrected chi connectivity index (χ4v) is 4.19. The number of β-amino-alcohol motifs (C(OH)–C–C–N with tert-alkyl or cyclic N) is 1. The summed E-state index contributed by atoms with van der Waals surface area (Å²) in [7, 11) is 0. The Morgan fingerprint density at radius 3 is 2.88 bits per heavy atom. The molecule has 0 bridgehead atoms. The average Bonchev–Trinajstić information content (AvgIpc) is 3.29. The maximum Gasteiger partial charge on any atom is 0.228 e. The Morgan fingerprint density at radius 2 is 2.08 bits per heavy atom. The summed E-state index contributed by atoms with van der Waals surface area (Å²) >= 11 is 0. The van der Waals surface area contributed by atoms with E-state index in [1.165, 1.54) is 12.8 Å². The highest BCUT2D eigenvalue weighted by Crippen LogP contribution is 2.25. The molecule has 2 aromatic rings. The third-order valence-corrected chi connectivity index (χ3v) is 5.55. The van der Waals surface area contributed by atoms with Gasteiger partial charge in [0, 0.05) is 19.3 Å². The third kappa shape index (κ3) is 3.28. The number of hydrogen-bond donors (Lipinski definition) is 1. The fraction of sp³-hybridized carbons (Fsp3) is 0.579. The van der Waals surface area contributed by atoms with Gasteiger partial charge in [0.25, 0.3) is 0 Å². The first-order chi connectivity index (χ1) is 12.0. The second kappa shape index (κ2) is 6.42. The van der Waals surface area contributed by atoms with E-state index in [-0.39, 0.29) is 5.91 Å². The lowest BCUT2D eigenvalue weighted by Crippen LogP contribution is -2.45. The van der Waals surface area contributed by atoms with Crippen LogP contribution in [0.3, 0.4) is 0 Å². The summed E-state index contributed by atoms with van der Waals surface area (Å²) < 4.78 is 1.99. The predicted molar refractivity (Wildman–Crippen MR) is 95.5 cm³/mol. The highest BCUT2D eigenvalue weighted by Gasteiger charge is 2.39. The normalized spacial score (nSPS) is 24.5. The van der Waals surface area contributed by atoms with Gasteiger partial charge in [-0.05, 0) is 51.4 Å². The zero-order chi connectivity index (χ0) is 17.4. The molecule has 2 aliphatic heterocycles. The minimum absolute atomic E-state index is 0.0751. The number of rotatable bonds is 4. The third-order valence-electron chi connectivity index (χ3n) is 5.55. The molecular formula is C19H26N4O2. The number of nitrogens with zero attached hydrogens (tertiary/aromatic N) is 4. The van der Waals surface area contributed by atoms with E-state index in [1.807, 2.05) is 40.6 Å². The maximum absolute atomic E-state index is 12.8. The van der Waals surface area contributed by atoms with Gasteiger partial charge in [-0.2, -0.15) is 0 Å². The minimum Gasteiger partial charge on any atom is -0.387 e. The van der Waals surface area contributed by atoms with Crippen molar-refractivity contribution in [2.24, 2.45) is 0 Å². The van der Waals surface area contributed by atoms with Crippen LogP contribution in [0.5, 0.6) is 0 Å². The van der Waals surface area contributed by atoms with Crippen LogP contribution in [-0.4, -0.2) is 68.5 Å². The molecule has 0 aliphatic carbocycles. The zero-order valence-electron chi connectivity index (χ0n) is 14.8. The molecule has 1 N–H and O–H groups in total. The van der Waals surface area contributed by atoms with E-state index in [0.717, 1.165) is 30.1 Å². The molecule has 0 spiro atoms. The largest absolute Gasteiger partial charge is 0.387 e. The van der Waals surface area contributed by atoms with Gasteiger partial charge in [-0.15, -0.1) is 0 Å². The monoisotopic (exact) mass is 342 g/mol. The summed E-state index contributed by atoms with van der Waals surface area (Å²) in [4.78, 5) is 21.5. The molecule has 25 heavy (non-hydrogen) atoms. The molecule has 0 radical (unpaired) electrons. The van der Waals surface area contributed by atoms with Crippen molar-refractivity contribution in [1.29, 1.82) is 0 Å². The molecule has 4 rings (SSSR count). The Hall–Kier alpha value is -1.92. The number of hydrogen-bond acceptors (Lipinski definition) is 4. The van der Waals surface area contributed by atoms with Crippen molar-refractivity contribution in [3.8, 4) is 0 Å². The lowest BCUT2D eigenvalue weighted by molar-refractivity contribution is -0.130. The standard InChI is InChI=1S/C19H26N4O2/c1-15-16(23-10-3-2-6-17(23)20-15)12-18(24)22-11-7-19(25,14-22)13-21-8-4-5-9-21/h2-3,6,10,25H,4-5,7-9,11-14H2,1H3/t19-/m0/s1. The van der Waals surface area contributed by atoms with E-state index in [9.17, 15) is 9.90 Å². The van der Waals surface area contributed by atoms with Gasteiger partial charge in [0.05, 0.1) is 30.0 Å². The first kappa shape index (κ1) is 16.5. The number of aliphatic hydroxyl groups is 1. The van der Waals surface area contributed by atoms with Gasteiger partial charge in [0.15, 0.2) is 0 Å². The molecular weight excluding hydrogens is 316 g/mol. The van der Waals surface area contributed by atoms with Crippen molar-refractivity contribution in [2.45, 2.75) is 38.2 Å². The number of fused-ring (bicyclic) bond motifs is 1. The molecule has 6 nitrogen and oxygen atoms in total. The summed E-state index contributed by atoms with van der Waals surface area (Å²) in [6.45, 7) is 5.85. The van der Waals surface area contributed by atoms with E-state index < -0.39 is 5.60 Å². The van der Waals surface area contributed by atoms with Crippen LogP contribution in [0.25, 0.3) is 5.65 Å². The molecule has 2 fully saturated rings. The van der Waals surface area contributed by atoms with Crippen LogP contribution >= 0.6 is 0 Å². The summed E-state index contributed by atoms with van der Waals surface area (Å²) in [5, 5.41) is 10.9. The Labute approximate surface area is 148 Å². The summed E-state index contributed by atoms with van der Waals surface area (Å²) in [5.74, 6) is 0.0751. The van der Waals surface area contributed by atoms with Gasteiger partial charge in [0.2, 0.25) is 5.91 Å². The number of pyridine rings is 1. The zero-order valence-corrected chi connectivity index (χ0v) is 14.8. The number of imidazole rings is 1. The van der Waals surface area contributed by atoms with Crippen LogP contribution < -0.4 is 0 Å². The smallest absolute Gasteiger partial charge is 0.228 e. The van der Waals surface area contributed by atoms with Crippen LogP contribution in [0, 0.1) is 6.92 Å². The molecule has 4 heterocycles. The van der Waals surface area contributed by atoms with Crippen molar-refractivity contribution in [3.05, 3.63) is 35.8 Å². The SMILES string of the molecule is Cc1nc2ccccn2c1CC(=O)N1CC[C@](O)(CN2CCCC2)C1. The van der Waals surface area contributed by atoms with Crippen molar-refractivity contribution < 1.29 is 9.90 Å². The maximum atomic E-state index is 12.8. The first-order valence-corrected chi connectivity index (χ1v) is 9.19. The lowest BCUT2D eigenvalue weighted by atomic mass is 10.0. The van der Waals surface area contributed by atoms with Crippen molar-refractivity contribution in [1.82, 2.24) is 19.2 Å².